The first-order chi connectivity index (χ1) is 16.0. The van der Waals surface area contributed by atoms with Gasteiger partial charge in [0.05, 0.1) is 6.10 Å². The van der Waals surface area contributed by atoms with Crippen molar-refractivity contribution in [2.45, 2.75) is 18.9 Å². The molecular formula is C25H22Cl2N2O4. The van der Waals surface area contributed by atoms with Crippen LogP contribution in [0.5, 0.6) is 0 Å². The quantitative estimate of drug-likeness (QED) is 0.444. The SMILES string of the molecule is O=C(NCC1CCCO1)/C(=C/c1ccc(-c2ccc(Cl)cc2)o1)NC(=O)c1ccc(Cl)cc1. The molecule has 1 unspecified atom stereocenters. The van der Waals surface area contributed by atoms with Crippen LogP contribution in [-0.4, -0.2) is 31.1 Å². The third-order valence-corrected chi connectivity index (χ3v) is 5.66. The van der Waals surface area contributed by atoms with Crippen molar-refractivity contribution in [3.8, 4) is 11.3 Å². The number of hydrogen-bond donors (Lipinski definition) is 2. The molecule has 2 aromatic carbocycles. The van der Waals surface area contributed by atoms with Crippen LogP contribution in [0.15, 0.2) is 70.8 Å². The van der Waals surface area contributed by atoms with Gasteiger partial charge in [0.25, 0.3) is 11.8 Å². The zero-order chi connectivity index (χ0) is 23.2. The first-order valence-corrected chi connectivity index (χ1v) is 11.3. The van der Waals surface area contributed by atoms with Gasteiger partial charge in [0.15, 0.2) is 0 Å². The van der Waals surface area contributed by atoms with Crippen molar-refractivity contribution in [2.75, 3.05) is 13.2 Å². The lowest BCUT2D eigenvalue weighted by Gasteiger charge is -2.13. The number of benzene rings is 2. The summed E-state index contributed by atoms with van der Waals surface area (Å²) in [5.74, 6) is 0.159. The second-order valence-corrected chi connectivity index (χ2v) is 8.45. The zero-order valence-corrected chi connectivity index (χ0v) is 19.2. The molecule has 2 heterocycles. The number of hydrogen-bond acceptors (Lipinski definition) is 4. The number of nitrogens with one attached hydrogen (secondary N) is 2. The molecule has 170 valence electrons. The fourth-order valence-electron chi connectivity index (χ4n) is 3.40. The molecule has 2 amide bonds. The summed E-state index contributed by atoms with van der Waals surface area (Å²) >= 11 is 11.9. The van der Waals surface area contributed by atoms with Crippen molar-refractivity contribution in [3.63, 3.8) is 0 Å². The number of halogens is 2. The summed E-state index contributed by atoms with van der Waals surface area (Å²) in [6.07, 6.45) is 3.33. The third-order valence-electron chi connectivity index (χ3n) is 5.16. The Balaban J connectivity index is 1.55. The number of carbonyl (C=O) groups excluding carboxylic acids is 2. The van der Waals surface area contributed by atoms with Crippen molar-refractivity contribution < 1.29 is 18.7 Å². The van der Waals surface area contributed by atoms with Gasteiger partial charge in [0, 0.05) is 40.4 Å². The van der Waals surface area contributed by atoms with E-state index in [0.29, 0.717) is 40.3 Å². The van der Waals surface area contributed by atoms with Gasteiger partial charge in [-0.25, -0.2) is 0 Å². The summed E-state index contributed by atoms with van der Waals surface area (Å²) in [6.45, 7) is 1.05. The van der Waals surface area contributed by atoms with Crippen LogP contribution in [0.2, 0.25) is 10.0 Å². The maximum absolute atomic E-state index is 12.9. The molecule has 3 aromatic rings. The smallest absolute Gasteiger partial charge is 0.268 e. The highest BCUT2D eigenvalue weighted by Gasteiger charge is 2.20. The van der Waals surface area contributed by atoms with Crippen molar-refractivity contribution in [2.24, 2.45) is 0 Å². The van der Waals surface area contributed by atoms with Gasteiger partial charge in [0.1, 0.15) is 17.2 Å². The van der Waals surface area contributed by atoms with Crippen LogP contribution in [0.25, 0.3) is 17.4 Å². The fourth-order valence-corrected chi connectivity index (χ4v) is 3.66. The average Bonchev–Trinajstić information content (AvgIpc) is 3.50. The molecule has 1 aliphatic heterocycles. The Hall–Kier alpha value is -3.06. The van der Waals surface area contributed by atoms with Gasteiger partial charge in [-0.1, -0.05) is 23.2 Å². The van der Waals surface area contributed by atoms with E-state index in [1.54, 1.807) is 48.5 Å². The molecule has 1 atom stereocenters. The van der Waals surface area contributed by atoms with Crippen LogP contribution in [0, 0.1) is 0 Å². The summed E-state index contributed by atoms with van der Waals surface area (Å²) in [5, 5.41) is 6.65. The minimum Gasteiger partial charge on any atom is -0.457 e. The number of furan rings is 1. The third kappa shape index (κ3) is 6.26. The topological polar surface area (TPSA) is 80.6 Å². The normalized spacial score (nSPS) is 15.9. The van der Waals surface area contributed by atoms with Crippen LogP contribution in [0.4, 0.5) is 0 Å². The Morgan fingerprint density at radius 2 is 1.67 bits per heavy atom. The molecule has 0 radical (unpaired) electrons. The zero-order valence-electron chi connectivity index (χ0n) is 17.6. The summed E-state index contributed by atoms with van der Waals surface area (Å²) < 4.78 is 11.4. The summed E-state index contributed by atoms with van der Waals surface area (Å²) in [4.78, 5) is 25.6. The molecular weight excluding hydrogens is 463 g/mol. The van der Waals surface area contributed by atoms with Crippen molar-refractivity contribution in [3.05, 3.63) is 87.7 Å². The van der Waals surface area contributed by atoms with Crippen molar-refractivity contribution in [1.29, 1.82) is 0 Å². The van der Waals surface area contributed by atoms with Gasteiger partial charge in [0.2, 0.25) is 0 Å². The minimum atomic E-state index is -0.435. The average molecular weight is 485 g/mol. The van der Waals surface area contributed by atoms with Gasteiger partial charge in [-0.2, -0.15) is 0 Å². The molecule has 4 rings (SSSR count). The number of carbonyl (C=O) groups is 2. The minimum absolute atomic E-state index is 0.0257. The standard InChI is InChI=1S/C25H22Cl2N2O4/c26-18-7-3-16(4-8-18)23-12-11-20(33-23)14-22(25(31)28-15-21-2-1-13-32-21)29-24(30)17-5-9-19(27)10-6-17/h3-12,14,21H,1-2,13,15H2,(H,28,31)(H,29,30)/b22-14-. The molecule has 1 aromatic heterocycles. The van der Waals surface area contributed by atoms with Gasteiger partial charge >= 0.3 is 0 Å². The predicted molar refractivity (Wildman–Crippen MR) is 128 cm³/mol. The molecule has 33 heavy (non-hydrogen) atoms. The van der Waals surface area contributed by atoms with E-state index < -0.39 is 11.8 Å². The summed E-state index contributed by atoms with van der Waals surface area (Å²) in [6, 6.07) is 17.1. The molecule has 1 aliphatic rings. The Bertz CT molecular complexity index is 1150. The Morgan fingerprint density at radius 1 is 0.970 bits per heavy atom. The van der Waals surface area contributed by atoms with Crippen LogP contribution in [0.3, 0.4) is 0 Å². The molecule has 0 bridgehead atoms. The Labute approximate surface area is 201 Å². The monoisotopic (exact) mass is 484 g/mol. The summed E-state index contributed by atoms with van der Waals surface area (Å²) in [5.41, 5.74) is 1.28. The maximum Gasteiger partial charge on any atom is 0.268 e. The molecule has 0 saturated carbocycles. The largest absolute Gasteiger partial charge is 0.457 e. The second kappa shape index (κ2) is 10.7. The molecule has 8 heteroatoms. The molecule has 0 spiro atoms. The molecule has 1 saturated heterocycles. The van der Waals surface area contributed by atoms with Crippen LogP contribution in [-0.2, 0) is 9.53 Å². The summed E-state index contributed by atoms with van der Waals surface area (Å²) in [7, 11) is 0. The van der Waals surface area contributed by atoms with E-state index in [9.17, 15) is 9.59 Å². The van der Waals surface area contributed by atoms with Gasteiger partial charge < -0.3 is 19.8 Å². The lowest BCUT2D eigenvalue weighted by molar-refractivity contribution is -0.118. The highest BCUT2D eigenvalue weighted by atomic mass is 35.5. The van der Waals surface area contributed by atoms with E-state index in [0.717, 1.165) is 18.4 Å². The molecule has 1 fully saturated rings. The number of rotatable bonds is 7. The van der Waals surface area contributed by atoms with E-state index in [4.69, 9.17) is 32.4 Å². The molecule has 6 nitrogen and oxygen atoms in total. The first kappa shape index (κ1) is 23.1. The lowest BCUT2D eigenvalue weighted by atomic mass is 10.2. The van der Waals surface area contributed by atoms with Crippen molar-refractivity contribution in [1.82, 2.24) is 10.6 Å². The highest BCUT2D eigenvalue weighted by molar-refractivity contribution is 6.31. The van der Waals surface area contributed by atoms with E-state index in [1.165, 1.54) is 6.08 Å². The molecule has 2 N–H and O–H groups in total. The van der Waals surface area contributed by atoms with Gasteiger partial charge in [-0.15, -0.1) is 0 Å². The number of amides is 2. The van der Waals surface area contributed by atoms with E-state index in [1.807, 2.05) is 12.1 Å². The predicted octanol–water partition coefficient (Wildman–Crippen LogP) is 5.32. The van der Waals surface area contributed by atoms with Gasteiger partial charge in [-0.05, 0) is 73.5 Å². The van der Waals surface area contributed by atoms with Crippen molar-refractivity contribution >= 4 is 41.1 Å². The van der Waals surface area contributed by atoms with Crippen LogP contribution < -0.4 is 10.6 Å². The second-order valence-electron chi connectivity index (χ2n) is 7.57. The van der Waals surface area contributed by atoms with Gasteiger partial charge in [-0.3, -0.25) is 9.59 Å². The first-order valence-electron chi connectivity index (χ1n) is 10.5. The van der Waals surface area contributed by atoms with E-state index >= 15 is 0 Å². The van der Waals surface area contributed by atoms with Crippen LogP contribution in [0.1, 0.15) is 29.0 Å². The molecule has 0 aliphatic carbocycles. The number of ether oxygens (including phenoxy) is 1. The van der Waals surface area contributed by atoms with E-state index in [2.05, 4.69) is 10.6 Å². The maximum atomic E-state index is 12.9. The Kier molecular flexibility index (Phi) is 7.50. The Morgan fingerprint density at radius 3 is 2.33 bits per heavy atom. The van der Waals surface area contributed by atoms with E-state index in [-0.39, 0.29) is 11.8 Å². The highest BCUT2D eigenvalue weighted by Crippen LogP contribution is 2.25. The fraction of sp³-hybridized carbons (Fsp3) is 0.200. The lowest BCUT2D eigenvalue weighted by Crippen LogP contribution is -2.38. The van der Waals surface area contributed by atoms with Crippen LogP contribution >= 0.6 is 23.2 Å².